The molecule has 8 heteroatoms. The number of carbonyl (C=O) groups excluding carboxylic acids is 3. The molecule has 150 valence electrons. The number of carbonyl (C=O) groups is 3. The fourth-order valence-electron chi connectivity index (χ4n) is 3.40. The number of rotatable bonds is 7. The van der Waals surface area contributed by atoms with Crippen molar-refractivity contribution < 1.29 is 28.8 Å². The second-order valence-electron chi connectivity index (χ2n) is 6.88. The maximum atomic E-state index is 12.5. The van der Waals surface area contributed by atoms with Gasteiger partial charge in [-0.15, -0.1) is 11.3 Å². The monoisotopic (exact) mass is 397 g/mol. The van der Waals surface area contributed by atoms with E-state index in [0.717, 1.165) is 30.8 Å². The zero-order valence-electron chi connectivity index (χ0n) is 16.5. The van der Waals surface area contributed by atoms with Crippen LogP contribution in [0.15, 0.2) is 0 Å². The number of hydrogen-bond acceptors (Lipinski definition) is 6. The van der Waals surface area contributed by atoms with Gasteiger partial charge in [0.2, 0.25) is 0 Å². The summed E-state index contributed by atoms with van der Waals surface area (Å²) in [6.45, 7) is 10.0. The molecule has 1 aliphatic heterocycles. The molecule has 0 spiro atoms. The van der Waals surface area contributed by atoms with Crippen molar-refractivity contribution in [1.82, 2.24) is 0 Å². The molecule has 0 saturated carbocycles. The van der Waals surface area contributed by atoms with Crippen LogP contribution in [0.1, 0.15) is 59.2 Å². The molecule has 2 N–H and O–H groups in total. The van der Waals surface area contributed by atoms with Crippen molar-refractivity contribution >= 4 is 34.2 Å². The van der Waals surface area contributed by atoms with Gasteiger partial charge in [0.1, 0.15) is 9.88 Å². The second-order valence-corrected chi connectivity index (χ2v) is 7.90. The largest absolute Gasteiger partial charge is 0.462 e. The van der Waals surface area contributed by atoms with Gasteiger partial charge in [-0.1, -0.05) is 6.92 Å². The molecule has 1 fully saturated rings. The topological polar surface area (TPSA) is 86.1 Å². The summed E-state index contributed by atoms with van der Waals surface area (Å²) in [6, 6.07) is 0. The minimum Gasteiger partial charge on any atom is -0.462 e. The number of anilines is 1. The summed E-state index contributed by atoms with van der Waals surface area (Å²) in [6.07, 6.45) is 2.31. The average molecular weight is 398 g/mol. The van der Waals surface area contributed by atoms with Crippen LogP contribution < -0.4 is 10.2 Å². The van der Waals surface area contributed by atoms with Gasteiger partial charge in [0.15, 0.2) is 6.54 Å². The van der Waals surface area contributed by atoms with E-state index in [1.54, 1.807) is 20.8 Å². The molecule has 1 unspecified atom stereocenters. The summed E-state index contributed by atoms with van der Waals surface area (Å²) in [4.78, 5) is 38.6. The smallest absolute Gasteiger partial charge is 0.348 e. The first-order valence-corrected chi connectivity index (χ1v) is 10.3. The van der Waals surface area contributed by atoms with Crippen LogP contribution in [0.4, 0.5) is 5.00 Å². The lowest BCUT2D eigenvalue weighted by atomic mass is 10.0. The molecule has 2 heterocycles. The fourth-order valence-corrected chi connectivity index (χ4v) is 4.50. The van der Waals surface area contributed by atoms with Crippen LogP contribution in [0.3, 0.4) is 0 Å². The predicted octanol–water partition coefficient (Wildman–Crippen LogP) is 1.66. The number of quaternary nitrogens is 1. The number of piperidine rings is 1. The lowest BCUT2D eigenvalue weighted by molar-refractivity contribution is -0.900. The van der Waals surface area contributed by atoms with Crippen LogP contribution in [0.25, 0.3) is 0 Å². The third-order valence-electron chi connectivity index (χ3n) is 4.62. The molecule has 0 bridgehead atoms. The third kappa shape index (κ3) is 5.52. The van der Waals surface area contributed by atoms with Crippen LogP contribution in [0.2, 0.25) is 0 Å². The molecule has 1 amide bonds. The first kappa shape index (κ1) is 21.4. The summed E-state index contributed by atoms with van der Waals surface area (Å²) in [7, 11) is 0. The Labute approximate surface area is 164 Å². The van der Waals surface area contributed by atoms with E-state index in [1.807, 2.05) is 0 Å². The first-order valence-electron chi connectivity index (χ1n) is 9.48. The Balaban J connectivity index is 2.20. The van der Waals surface area contributed by atoms with Crippen LogP contribution in [-0.2, 0) is 14.3 Å². The van der Waals surface area contributed by atoms with Gasteiger partial charge in [-0.3, -0.25) is 4.79 Å². The van der Waals surface area contributed by atoms with Crippen molar-refractivity contribution in [2.45, 2.75) is 40.5 Å². The predicted molar refractivity (Wildman–Crippen MR) is 104 cm³/mol. The highest BCUT2D eigenvalue weighted by molar-refractivity contribution is 7.18. The standard InChI is InChI=1S/C19H28N2O5S/c1-5-25-18(23)15-13(4)16(19(24)26-6-2)27-17(15)20-14(22)11-21-9-7-8-12(3)10-21/h12H,5-11H2,1-4H3,(H,20,22)/p+1/t12-/m0/s1. The second kappa shape index (κ2) is 9.85. The number of likely N-dealkylation sites (tertiary alicyclic amines) is 1. The van der Waals surface area contributed by atoms with Gasteiger partial charge in [-0.05, 0) is 39.2 Å². The summed E-state index contributed by atoms with van der Waals surface area (Å²) in [5, 5.41) is 3.17. The number of esters is 2. The van der Waals surface area contributed by atoms with Gasteiger partial charge in [0.05, 0.1) is 31.9 Å². The van der Waals surface area contributed by atoms with E-state index in [1.165, 1.54) is 11.3 Å². The SMILES string of the molecule is CCOC(=O)c1sc(NC(=O)C[NH+]2CCC[C@H](C)C2)c(C(=O)OCC)c1C. The normalized spacial score (nSPS) is 19.4. The summed E-state index contributed by atoms with van der Waals surface area (Å²) in [5.41, 5.74) is 0.714. The quantitative estimate of drug-likeness (QED) is 0.684. The Kier molecular flexibility index (Phi) is 7.79. The van der Waals surface area contributed by atoms with E-state index in [-0.39, 0.29) is 24.7 Å². The van der Waals surface area contributed by atoms with Crippen molar-refractivity contribution in [1.29, 1.82) is 0 Å². The number of thiophene rings is 1. The van der Waals surface area contributed by atoms with E-state index in [4.69, 9.17) is 9.47 Å². The lowest BCUT2D eigenvalue weighted by Crippen LogP contribution is -3.14. The van der Waals surface area contributed by atoms with E-state index in [2.05, 4.69) is 12.2 Å². The molecule has 27 heavy (non-hydrogen) atoms. The van der Waals surface area contributed by atoms with Gasteiger partial charge in [-0.25, -0.2) is 9.59 Å². The zero-order valence-corrected chi connectivity index (χ0v) is 17.3. The molecule has 1 aliphatic rings. The first-order chi connectivity index (χ1) is 12.9. The van der Waals surface area contributed by atoms with Gasteiger partial charge < -0.3 is 19.7 Å². The van der Waals surface area contributed by atoms with Crippen molar-refractivity contribution in [3.05, 3.63) is 16.0 Å². The van der Waals surface area contributed by atoms with Gasteiger partial charge in [0.25, 0.3) is 5.91 Å². The molecule has 7 nitrogen and oxygen atoms in total. The van der Waals surface area contributed by atoms with Crippen LogP contribution in [0, 0.1) is 12.8 Å². The maximum Gasteiger partial charge on any atom is 0.348 e. The van der Waals surface area contributed by atoms with Crippen molar-refractivity contribution in [3.8, 4) is 0 Å². The van der Waals surface area contributed by atoms with Crippen LogP contribution >= 0.6 is 11.3 Å². The third-order valence-corrected chi connectivity index (χ3v) is 5.80. The Bertz CT molecular complexity index is 701. The molecule has 0 radical (unpaired) electrons. The van der Waals surface area contributed by atoms with Crippen LogP contribution in [0.5, 0.6) is 0 Å². The zero-order chi connectivity index (χ0) is 20.0. The molecule has 1 aromatic heterocycles. The van der Waals surface area contributed by atoms with Gasteiger partial charge in [-0.2, -0.15) is 0 Å². The minimum atomic E-state index is -0.545. The molecule has 0 aliphatic carbocycles. The number of amides is 1. The van der Waals surface area contributed by atoms with Gasteiger partial charge in [0, 0.05) is 5.92 Å². The lowest BCUT2D eigenvalue weighted by Gasteiger charge is -2.27. The van der Waals surface area contributed by atoms with E-state index >= 15 is 0 Å². The molecule has 1 saturated heterocycles. The van der Waals surface area contributed by atoms with Crippen molar-refractivity contribution in [3.63, 3.8) is 0 Å². The molecular formula is C19H29N2O5S+. The van der Waals surface area contributed by atoms with Crippen molar-refractivity contribution in [2.24, 2.45) is 5.92 Å². The molecule has 2 rings (SSSR count). The molecular weight excluding hydrogens is 368 g/mol. The van der Waals surface area contributed by atoms with Crippen molar-refractivity contribution in [2.75, 3.05) is 38.2 Å². The highest BCUT2D eigenvalue weighted by Crippen LogP contribution is 2.34. The minimum absolute atomic E-state index is 0.165. The van der Waals surface area contributed by atoms with E-state index < -0.39 is 11.9 Å². The summed E-state index contributed by atoms with van der Waals surface area (Å²) >= 11 is 1.06. The Morgan fingerprint density at radius 2 is 1.85 bits per heavy atom. The van der Waals surface area contributed by atoms with E-state index in [9.17, 15) is 14.4 Å². The molecule has 2 atom stereocenters. The Hall–Kier alpha value is -1.93. The fraction of sp³-hybridized carbons (Fsp3) is 0.632. The molecule has 1 aromatic rings. The van der Waals surface area contributed by atoms with Crippen LogP contribution in [-0.4, -0.2) is 50.7 Å². The number of nitrogens with one attached hydrogen (secondary N) is 2. The number of ether oxygens (including phenoxy) is 2. The molecule has 0 aromatic carbocycles. The van der Waals surface area contributed by atoms with Gasteiger partial charge >= 0.3 is 11.9 Å². The highest BCUT2D eigenvalue weighted by atomic mass is 32.1. The average Bonchev–Trinajstić information content (AvgIpc) is 2.91. The maximum absolute atomic E-state index is 12.5. The number of hydrogen-bond donors (Lipinski definition) is 2. The van der Waals surface area contributed by atoms with E-state index in [0.29, 0.717) is 27.9 Å². The Morgan fingerprint density at radius 1 is 1.19 bits per heavy atom. The summed E-state index contributed by atoms with van der Waals surface area (Å²) < 4.78 is 10.2. The highest BCUT2D eigenvalue weighted by Gasteiger charge is 2.28. The Morgan fingerprint density at radius 3 is 2.48 bits per heavy atom. The summed E-state index contributed by atoms with van der Waals surface area (Å²) in [5.74, 6) is -0.602.